The van der Waals surface area contributed by atoms with Crippen LogP contribution in [0.5, 0.6) is 0 Å². The van der Waals surface area contributed by atoms with E-state index < -0.39 is 0 Å². The van der Waals surface area contributed by atoms with E-state index in [1.54, 1.807) is 47.4 Å². The summed E-state index contributed by atoms with van der Waals surface area (Å²) in [6.45, 7) is 6.44. The second kappa shape index (κ2) is 7.44. The van der Waals surface area contributed by atoms with Crippen LogP contribution in [0.25, 0.3) is 5.69 Å². The number of hydrogen-bond donors (Lipinski definition) is 0. The first-order chi connectivity index (χ1) is 12.1. The van der Waals surface area contributed by atoms with Gasteiger partial charge in [-0.25, -0.2) is 9.07 Å². The molecular formula is C19H18FN3OS. The standard InChI is InChI=1S/C19H18FN3OS/c1-3-10-22(13-15-7-6-11-25-15)19(24)16-12-21-23(14(16)2)18-9-5-4-8-17(18)20/h3-9,11-12H,1,10,13H2,2H3. The number of benzene rings is 1. The van der Waals surface area contributed by atoms with Gasteiger partial charge in [0, 0.05) is 11.4 Å². The number of aromatic nitrogens is 2. The van der Waals surface area contributed by atoms with Gasteiger partial charge in [0.15, 0.2) is 0 Å². The zero-order valence-corrected chi connectivity index (χ0v) is 14.7. The molecule has 0 aliphatic heterocycles. The molecule has 0 radical (unpaired) electrons. The molecule has 1 aromatic carbocycles. The van der Waals surface area contributed by atoms with Crippen molar-refractivity contribution in [2.75, 3.05) is 6.54 Å². The highest BCUT2D eigenvalue weighted by Crippen LogP contribution is 2.20. The Balaban J connectivity index is 1.91. The molecule has 1 amide bonds. The lowest BCUT2D eigenvalue weighted by atomic mass is 10.2. The molecule has 6 heteroatoms. The molecule has 25 heavy (non-hydrogen) atoms. The minimum Gasteiger partial charge on any atom is -0.330 e. The van der Waals surface area contributed by atoms with Crippen molar-refractivity contribution in [3.63, 3.8) is 0 Å². The Labute approximate surface area is 149 Å². The van der Waals surface area contributed by atoms with Crippen LogP contribution < -0.4 is 0 Å². The van der Waals surface area contributed by atoms with Gasteiger partial charge in [-0.3, -0.25) is 4.79 Å². The largest absolute Gasteiger partial charge is 0.330 e. The molecule has 0 bridgehead atoms. The van der Waals surface area contributed by atoms with Crippen molar-refractivity contribution in [2.45, 2.75) is 13.5 Å². The number of para-hydroxylation sites is 1. The van der Waals surface area contributed by atoms with Crippen LogP contribution in [0.4, 0.5) is 4.39 Å². The van der Waals surface area contributed by atoms with Crippen molar-refractivity contribution in [2.24, 2.45) is 0 Å². The summed E-state index contributed by atoms with van der Waals surface area (Å²) in [5, 5.41) is 6.19. The number of carbonyl (C=O) groups excluding carboxylic acids is 1. The van der Waals surface area contributed by atoms with Crippen LogP contribution in [-0.4, -0.2) is 27.1 Å². The lowest BCUT2D eigenvalue weighted by molar-refractivity contribution is 0.0763. The predicted molar refractivity (Wildman–Crippen MR) is 97.5 cm³/mol. The lowest BCUT2D eigenvalue weighted by Gasteiger charge is -2.20. The minimum absolute atomic E-state index is 0.145. The van der Waals surface area contributed by atoms with Gasteiger partial charge in [-0.05, 0) is 30.5 Å². The fourth-order valence-electron chi connectivity index (χ4n) is 2.62. The highest BCUT2D eigenvalue weighted by molar-refractivity contribution is 7.09. The molecular weight excluding hydrogens is 337 g/mol. The Morgan fingerprint density at radius 3 is 2.84 bits per heavy atom. The SMILES string of the molecule is C=CCN(Cc1cccs1)C(=O)c1cnn(-c2ccccc2F)c1C. The topological polar surface area (TPSA) is 38.1 Å². The average molecular weight is 355 g/mol. The van der Waals surface area contributed by atoms with Crippen LogP contribution in [0.2, 0.25) is 0 Å². The molecule has 3 aromatic rings. The van der Waals surface area contributed by atoms with Crippen molar-refractivity contribution in [1.29, 1.82) is 0 Å². The second-order valence-corrected chi connectivity index (χ2v) is 6.59. The van der Waals surface area contributed by atoms with E-state index >= 15 is 0 Å². The van der Waals surface area contributed by atoms with E-state index in [1.165, 1.54) is 16.9 Å². The van der Waals surface area contributed by atoms with E-state index in [0.29, 0.717) is 30.0 Å². The summed E-state index contributed by atoms with van der Waals surface area (Å²) in [6, 6.07) is 10.3. The van der Waals surface area contributed by atoms with Gasteiger partial charge < -0.3 is 4.90 Å². The van der Waals surface area contributed by atoms with Gasteiger partial charge in [-0.1, -0.05) is 24.3 Å². The maximum atomic E-state index is 14.0. The maximum Gasteiger partial charge on any atom is 0.257 e. The van der Waals surface area contributed by atoms with Gasteiger partial charge in [0.2, 0.25) is 0 Å². The van der Waals surface area contributed by atoms with Crippen molar-refractivity contribution in [3.05, 3.63) is 82.6 Å². The summed E-state index contributed by atoms with van der Waals surface area (Å²) in [5.41, 5.74) is 1.39. The van der Waals surface area contributed by atoms with Gasteiger partial charge in [-0.15, -0.1) is 17.9 Å². The van der Waals surface area contributed by atoms with Gasteiger partial charge in [0.1, 0.15) is 11.5 Å². The van der Waals surface area contributed by atoms with E-state index in [1.807, 2.05) is 17.5 Å². The third-order valence-corrected chi connectivity index (χ3v) is 4.75. The first kappa shape index (κ1) is 17.1. The van der Waals surface area contributed by atoms with Crippen LogP contribution in [-0.2, 0) is 6.54 Å². The average Bonchev–Trinajstić information content (AvgIpc) is 3.24. The minimum atomic E-state index is -0.380. The number of thiophene rings is 1. The van der Waals surface area contributed by atoms with E-state index in [2.05, 4.69) is 11.7 Å². The van der Waals surface area contributed by atoms with Crippen molar-refractivity contribution < 1.29 is 9.18 Å². The Morgan fingerprint density at radius 1 is 1.36 bits per heavy atom. The Kier molecular flexibility index (Phi) is 5.09. The van der Waals surface area contributed by atoms with Gasteiger partial charge in [0.05, 0.1) is 24.0 Å². The molecule has 0 N–H and O–H groups in total. The molecule has 2 aromatic heterocycles. The summed E-state index contributed by atoms with van der Waals surface area (Å²) in [5.74, 6) is -0.525. The summed E-state index contributed by atoms with van der Waals surface area (Å²) < 4.78 is 15.5. The van der Waals surface area contributed by atoms with Crippen molar-refractivity contribution >= 4 is 17.2 Å². The highest BCUT2D eigenvalue weighted by Gasteiger charge is 2.21. The highest BCUT2D eigenvalue weighted by atomic mass is 32.1. The molecule has 0 unspecified atom stereocenters. The molecule has 0 saturated heterocycles. The molecule has 0 saturated carbocycles. The normalized spacial score (nSPS) is 10.6. The summed E-state index contributed by atoms with van der Waals surface area (Å²) in [4.78, 5) is 15.7. The Morgan fingerprint density at radius 2 is 2.16 bits per heavy atom. The van der Waals surface area contributed by atoms with Gasteiger partial charge in [-0.2, -0.15) is 5.10 Å². The molecule has 4 nitrogen and oxygen atoms in total. The first-order valence-electron chi connectivity index (χ1n) is 7.84. The predicted octanol–water partition coefficient (Wildman–Crippen LogP) is 4.21. The van der Waals surface area contributed by atoms with Crippen molar-refractivity contribution in [1.82, 2.24) is 14.7 Å². The molecule has 0 spiro atoms. The van der Waals surface area contributed by atoms with Gasteiger partial charge in [0.25, 0.3) is 5.91 Å². The number of rotatable bonds is 6. The molecule has 128 valence electrons. The smallest absolute Gasteiger partial charge is 0.257 e. The summed E-state index contributed by atoms with van der Waals surface area (Å²) >= 11 is 1.60. The molecule has 0 aliphatic rings. The fourth-order valence-corrected chi connectivity index (χ4v) is 3.34. The van der Waals surface area contributed by atoms with Crippen LogP contribution >= 0.6 is 11.3 Å². The van der Waals surface area contributed by atoms with E-state index in [-0.39, 0.29) is 11.7 Å². The van der Waals surface area contributed by atoms with Crippen LogP contribution in [0, 0.1) is 12.7 Å². The van der Waals surface area contributed by atoms with E-state index in [4.69, 9.17) is 0 Å². The number of nitrogens with zero attached hydrogens (tertiary/aromatic N) is 3. The van der Waals surface area contributed by atoms with Crippen LogP contribution in [0.1, 0.15) is 20.9 Å². The number of halogens is 1. The zero-order chi connectivity index (χ0) is 17.8. The number of amides is 1. The molecule has 2 heterocycles. The molecule has 0 atom stereocenters. The zero-order valence-electron chi connectivity index (χ0n) is 13.9. The molecule has 3 rings (SSSR count). The first-order valence-corrected chi connectivity index (χ1v) is 8.72. The third-order valence-electron chi connectivity index (χ3n) is 3.88. The number of hydrogen-bond acceptors (Lipinski definition) is 3. The molecule has 0 aliphatic carbocycles. The lowest BCUT2D eigenvalue weighted by Crippen LogP contribution is -2.30. The summed E-state index contributed by atoms with van der Waals surface area (Å²) in [6.07, 6.45) is 3.19. The van der Waals surface area contributed by atoms with E-state index in [9.17, 15) is 9.18 Å². The second-order valence-electron chi connectivity index (χ2n) is 5.56. The maximum absolute atomic E-state index is 14.0. The van der Waals surface area contributed by atoms with Crippen molar-refractivity contribution in [3.8, 4) is 5.69 Å². The monoisotopic (exact) mass is 355 g/mol. The fraction of sp³-hybridized carbons (Fsp3) is 0.158. The third kappa shape index (κ3) is 3.53. The van der Waals surface area contributed by atoms with Crippen LogP contribution in [0.15, 0.2) is 60.6 Å². The van der Waals surface area contributed by atoms with Gasteiger partial charge >= 0.3 is 0 Å². The Bertz CT molecular complexity index is 886. The van der Waals surface area contributed by atoms with E-state index in [0.717, 1.165) is 4.88 Å². The summed E-state index contributed by atoms with van der Waals surface area (Å²) in [7, 11) is 0. The number of carbonyl (C=O) groups is 1. The van der Waals surface area contributed by atoms with Crippen LogP contribution in [0.3, 0.4) is 0 Å². The molecule has 0 fully saturated rings. The Hall–Kier alpha value is -2.73. The quantitative estimate of drug-likeness (QED) is 0.621.